The Kier molecular flexibility index (Phi) is 7.92. The van der Waals surface area contributed by atoms with Crippen molar-refractivity contribution in [3.05, 3.63) is 94.0 Å². The summed E-state index contributed by atoms with van der Waals surface area (Å²) in [5.41, 5.74) is 4.51. The van der Waals surface area contributed by atoms with Crippen LogP contribution in [-0.2, 0) is 13.2 Å². The van der Waals surface area contributed by atoms with E-state index in [1.807, 2.05) is 54.6 Å². The lowest BCUT2D eigenvalue weighted by atomic mass is 10.1. The van der Waals surface area contributed by atoms with Gasteiger partial charge in [0.25, 0.3) is 0 Å². The van der Waals surface area contributed by atoms with Crippen molar-refractivity contribution >= 4 is 27.7 Å². The largest absolute Gasteiger partial charge is 0.489 e. The van der Waals surface area contributed by atoms with E-state index in [2.05, 4.69) is 61.9 Å². The second-order valence-electron chi connectivity index (χ2n) is 7.20. The molecule has 0 radical (unpaired) electrons. The standard InChI is InChI=1S/C24H24BrN5OS/c1-18-7-5-6-8-19(18)17-31-23-12-11-21(25)15-20(23)16-26-13-14-32-24-27-28-29-30(24)22-9-3-2-4-10-22/h2-12,15,26H,13-14,16-17H2,1H3. The molecule has 0 atom stereocenters. The van der Waals surface area contributed by atoms with Crippen LogP contribution in [0.25, 0.3) is 5.69 Å². The number of aryl methyl sites for hydroxylation is 1. The van der Waals surface area contributed by atoms with Crippen LogP contribution in [0.3, 0.4) is 0 Å². The van der Waals surface area contributed by atoms with E-state index in [0.717, 1.165) is 38.9 Å². The Bertz CT molecular complexity index is 1150. The first kappa shape index (κ1) is 22.5. The van der Waals surface area contributed by atoms with Crippen molar-refractivity contribution in [2.75, 3.05) is 12.3 Å². The average molecular weight is 510 g/mol. The second kappa shape index (κ2) is 11.3. The number of benzene rings is 3. The first-order valence-electron chi connectivity index (χ1n) is 10.3. The third-order valence-corrected chi connectivity index (χ3v) is 6.35. The summed E-state index contributed by atoms with van der Waals surface area (Å²) >= 11 is 5.19. The summed E-state index contributed by atoms with van der Waals surface area (Å²) in [6, 6.07) is 24.3. The molecule has 164 valence electrons. The fraction of sp³-hybridized carbons (Fsp3) is 0.208. The minimum absolute atomic E-state index is 0.555. The molecule has 0 bridgehead atoms. The summed E-state index contributed by atoms with van der Waals surface area (Å²) in [7, 11) is 0. The molecule has 1 aromatic heterocycles. The summed E-state index contributed by atoms with van der Waals surface area (Å²) in [6.07, 6.45) is 0. The number of thioether (sulfide) groups is 1. The van der Waals surface area contributed by atoms with Crippen LogP contribution in [0.1, 0.15) is 16.7 Å². The van der Waals surface area contributed by atoms with Crippen LogP contribution >= 0.6 is 27.7 Å². The summed E-state index contributed by atoms with van der Waals surface area (Å²) in [4.78, 5) is 0. The van der Waals surface area contributed by atoms with Gasteiger partial charge in [-0.2, -0.15) is 4.68 Å². The molecule has 0 saturated heterocycles. The van der Waals surface area contributed by atoms with Gasteiger partial charge in [0.1, 0.15) is 12.4 Å². The molecular weight excluding hydrogens is 486 g/mol. The molecule has 4 aromatic rings. The van der Waals surface area contributed by atoms with E-state index in [1.165, 1.54) is 11.1 Å². The smallest absolute Gasteiger partial charge is 0.214 e. The molecule has 0 fully saturated rings. The molecule has 3 aromatic carbocycles. The normalized spacial score (nSPS) is 10.9. The number of nitrogens with one attached hydrogen (secondary N) is 1. The van der Waals surface area contributed by atoms with E-state index in [9.17, 15) is 0 Å². The molecule has 0 aliphatic carbocycles. The molecule has 0 spiro atoms. The highest BCUT2D eigenvalue weighted by Crippen LogP contribution is 2.25. The van der Waals surface area contributed by atoms with Crippen LogP contribution in [0.15, 0.2) is 82.4 Å². The van der Waals surface area contributed by atoms with Crippen molar-refractivity contribution in [2.45, 2.75) is 25.2 Å². The minimum Gasteiger partial charge on any atom is -0.489 e. The molecule has 0 aliphatic heterocycles. The third kappa shape index (κ3) is 5.97. The number of ether oxygens (including phenoxy) is 1. The Morgan fingerprint density at radius 1 is 1.00 bits per heavy atom. The maximum atomic E-state index is 6.14. The van der Waals surface area contributed by atoms with Crippen molar-refractivity contribution < 1.29 is 4.74 Å². The monoisotopic (exact) mass is 509 g/mol. The van der Waals surface area contributed by atoms with E-state index >= 15 is 0 Å². The van der Waals surface area contributed by atoms with Crippen molar-refractivity contribution in [2.24, 2.45) is 0 Å². The van der Waals surface area contributed by atoms with Gasteiger partial charge in [-0.3, -0.25) is 0 Å². The van der Waals surface area contributed by atoms with E-state index in [4.69, 9.17) is 4.74 Å². The summed E-state index contributed by atoms with van der Waals surface area (Å²) in [5, 5.41) is 16.3. The van der Waals surface area contributed by atoms with Crippen LogP contribution in [0.4, 0.5) is 0 Å². The number of nitrogens with zero attached hydrogens (tertiary/aromatic N) is 4. The van der Waals surface area contributed by atoms with E-state index < -0.39 is 0 Å². The predicted molar refractivity (Wildman–Crippen MR) is 131 cm³/mol. The van der Waals surface area contributed by atoms with Gasteiger partial charge in [0.05, 0.1) is 5.69 Å². The minimum atomic E-state index is 0.555. The van der Waals surface area contributed by atoms with E-state index in [0.29, 0.717) is 13.2 Å². The van der Waals surface area contributed by atoms with Crippen LogP contribution in [-0.4, -0.2) is 32.5 Å². The van der Waals surface area contributed by atoms with Crippen molar-refractivity contribution in [3.63, 3.8) is 0 Å². The fourth-order valence-electron chi connectivity index (χ4n) is 3.19. The highest BCUT2D eigenvalue weighted by Gasteiger charge is 2.09. The first-order valence-corrected chi connectivity index (χ1v) is 12.1. The molecular formula is C24H24BrN5OS. The molecule has 0 saturated carbocycles. The van der Waals surface area contributed by atoms with Crippen molar-refractivity contribution in [1.82, 2.24) is 25.5 Å². The van der Waals surface area contributed by atoms with Gasteiger partial charge in [0.15, 0.2) is 0 Å². The molecule has 4 rings (SSSR count). The topological polar surface area (TPSA) is 64.9 Å². The van der Waals surface area contributed by atoms with Gasteiger partial charge in [-0.05, 0) is 58.8 Å². The maximum Gasteiger partial charge on any atom is 0.214 e. The maximum absolute atomic E-state index is 6.14. The average Bonchev–Trinajstić information content (AvgIpc) is 3.28. The Hall–Kier alpha value is -2.68. The molecule has 8 heteroatoms. The number of tetrazole rings is 1. The van der Waals surface area contributed by atoms with E-state index in [1.54, 1.807) is 16.4 Å². The van der Waals surface area contributed by atoms with Gasteiger partial charge >= 0.3 is 0 Å². The Labute approximate surface area is 200 Å². The van der Waals surface area contributed by atoms with Gasteiger partial charge in [-0.25, -0.2) is 0 Å². The van der Waals surface area contributed by atoms with Gasteiger partial charge < -0.3 is 10.1 Å². The Balaban J connectivity index is 1.30. The second-order valence-corrected chi connectivity index (χ2v) is 9.18. The number of para-hydroxylation sites is 1. The molecule has 0 aliphatic rings. The number of aromatic nitrogens is 4. The van der Waals surface area contributed by atoms with Crippen molar-refractivity contribution in [3.8, 4) is 11.4 Å². The molecule has 32 heavy (non-hydrogen) atoms. The van der Waals surface area contributed by atoms with Gasteiger partial charge in [-0.15, -0.1) is 5.10 Å². The molecule has 0 amide bonds. The van der Waals surface area contributed by atoms with Crippen LogP contribution in [0, 0.1) is 6.92 Å². The first-order chi connectivity index (χ1) is 15.7. The predicted octanol–water partition coefficient (Wildman–Crippen LogP) is 5.19. The number of rotatable bonds is 10. The zero-order chi connectivity index (χ0) is 22.2. The zero-order valence-electron chi connectivity index (χ0n) is 17.7. The number of hydrogen-bond acceptors (Lipinski definition) is 6. The Morgan fingerprint density at radius 3 is 2.66 bits per heavy atom. The summed E-state index contributed by atoms with van der Waals surface area (Å²) in [5.74, 6) is 1.74. The number of hydrogen-bond donors (Lipinski definition) is 1. The lowest BCUT2D eigenvalue weighted by Crippen LogP contribution is -2.17. The lowest BCUT2D eigenvalue weighted by molar-refractivity contribution is 0.301. The van der Waals surface area contributed by atoms with Crippen LogP contribution in [0.2, 0.25) is 0 Å². The van der Waals surface area contributed by atoms with Crippen molar-refractivity contribution in [1.29, 1.82) is 0 Å². The van der Waals surface area contributed by atoms with Gasteiger partial charge in [0.2, 0.25) is 5.16 Å². The Morgan fingerprint density at radius 2 is 1.81 bits per heavy atom. The fourth-order valence-corrected chi connectivity index (χ4v) is 4.39. The van der Waals surface area contributed by atoms with Crippen LogP contribution < -0.4 is 10.1 Å². The lowest BCUT2D eigenvalue weighted by Gasteiger charge is -2.14. The quantitative estimate of drug-likeness (QED) is 0.234. The van der Waals surface area contributed by atoms with E-state index in [-0.39, 0.29) is 0 Å². The zero-order valence-corrected chi connectivity index (χ0v) is 20.1. The van der Waals surface area contributed by atoms with Gasteiger partial charge in [-0.1, -0.05) is 70.2 Å². The number of halogens is 1. The molecule has 1 heterocycles. The highest BCUT2D eigenvalue weighted by atomic mass is 79.9. The van der Waals surface area contributed by atoms with Gasteiger partial charge in [0, 0.05) is 28.9 Å². The van der Waals surface area contributed by atoms with Crippen LogP contribution in [0.5, 0.6) is 5.75 Å². The molecule has 6 nitrogen and oxygen atoms in total. The third-order valence-electron chi connectivity index (χ3n) is 4.93. The summed E-state index contributed by atoms with van der Waals surface area (Å²) in [6.45, 7) is 4.19. The highest BCUT2D eigenvalue weighted by molar-refractivity contribution is 9.10. The summed E-state index contributed by atoms with van der Waals surface area (Å²) < 4.78 is 8.94. The molecule has 1 N–H and O–H groups in total. The SMILES string of the molecule is Cc1ccccc1COc1ccc(Br)cc1CNCCSc1nnnn1-c1ccccc1. The molecule has 0 unspecified atom stereocenters.